The minimum atomic E-state index is -0.726. The summed E-state index contributed by atoms with van der Waals surface area (Å²) in [6, 6.07) is 19.3. The summed E-state index contributed by atoms with van der Waals surface area (Å²) in [6.45, 7) is 4.01. The van der Waals surface area contributed by atoms with E-state index in [1.165, 1.54) is 11.3 Å². The number of para-hydroxylation sites is 1. The molecular weight excluding hydrogens is 641 g/mol. The summed E-state index contributed by atoms with van der Waals surface area (Å²) >= 11 is 3.27. The van der Waals surface area contributed by atoms with Crippen LogP contribution >= 0.6 is 33.9 Å². The maximum Gasteiger partial charge on any atom is 0.271 e. The first-order valence-electron chi connectivity index (χ1n) is 12.5. The highest BCUT2D eigenvalue weighted by Crippen LogP contribution is 2.34. The van der Waals surface area contributed by atoms with E-state index in [4.69, 9.17) is 14.5 Å². The minimum absolute atomic E-state index is 0.0591. The molecule has 2 N–H and O–H groups in total. The van der Waals surface area contributed by atoms with Crippen molar-refractivity contribution >= 4 is 51.6 Å². The lowest BCUT2D eigenvalue weighted by Crippen LogP contribution is -2.40. The van der Waals surface area contributed by atoms with E-state index in [1.807, 2.05) is 72.0 Å². The quantitative estimate of drug-likeness (QED) is 0.281. The number of methoxy groups -OCH3 is 1. The van der Waals surface area contributed by atoms with Crippen molar-refractivity contribution in [1.29, 1.82) is 0 Å². The van der Waals surface area contributed by atoms with Gasteiger partial charge in [0.1, 0.15) is 5.75 Å². The molecule has 10 heteroatoms. The van der Waals surface area contributed by atoms with Gasteiger partial charge in [0.2, 0.25) is 0 Å². The van der Waals surface area contributed by atoms with Gasteiger partial charge in [0.05, 0.1) is 39.1 Å². The highest BCUT2D eigenvalue weighted by Gasteiger charge is 2.32. The van der Waals surface area contributed by atoms with E-state index in [9.17, 15) is 14.7 Å². The second-order valence-electron chi connectivity index (χ2n) is 8.96. The number of hydrogen-bond donors (Lipinski definition) is 2. The number of amides is 1. The lowest BCUT2D eigenvalue weighted by atomic mass is 9.95. The fraction of sp³-hybridized carbons (Fsp3) is 0.167. The van der Waals surface area contributed by atoms with Crippen molar-refractivity contribution in [3.8, 4) is 17.2 Å². The molecule has 1 atom stereocenters. The van der Waals surface area contributed by atoms with E-state index >= 15 is 0 Å². The summed E-state index contributed by atoms with van der Waals surface area (Å²) in [5.74, 6) is 0.672. The lowest BCUT2D eigenvalue weighted by molar-refractivity contribution is -0.113. The number of allylic oxidation sites excluding steroid dienone is 1. The van der Waals surface area contributed by atoms with Gasteiger partial charge in [-0.25, -0.2) is 4.99 Å². The molecule has 4 aromatic rings. The summed E-state index contributed by atoms with van der Waals surface area (Å²) in [4.78, 5) is 32.8. The molecule has 8 nitrogen and oxygen atoms in total. The van der Waals surface area contributed by atoms with E-state index in [0.717, 1.165) is 5.56 Å². The second kappa shape index (κ2) is 11.7. The van der Waals surface area contributed by atoms with Crippen LogP contribution in [0.1, 0.15) is 31.0 Å². The van der Waals surface area contributed by atoms with Gasteiger partial charge < -0.3 is 19.9 Å². The zero-order valence-electron chi connectivity index (χ0n) is 22.0. The summed E-state index contributed by atoms with van der Waals surface area (Å²) in [5.41, 5.74) is 2.67. The van der Waals surface area contributed by atoms with E-state index < -0.39 is 6.04 Å². The number of nitrogens with zero attached hydrogens (tertiary/aromatic N) is 2. The van der Waals surface area contributed by atoms with Gasteiger partial charge in [-0.1, -0.05) is 41.7 Å². The Bertz CT molecular complexity index is 1810. The monoisotopic (exact) mass is 667 g/mol. The molecule has 5 rings (SSSR count). The molecule has 3 aromatic carbocycles. The molecule has 40 heavy (non-hydrogen) atoms. The molecule has 0 saturated carbocycles. The van der Waals surface area contributed by atoms with Crippen LogP contribution in [0.2, 0.25) is 0 Å². The Hall–Kier alpha value is -3.90. The van der Waals surface area contributed by atoms with Gasteiger partial charge in [0, 0.05) is 5.69 Å². The summed E-state index contributed by atoms with van der Waals surface area (Å²) in [5, 5.41) is 13.3. The molecule has 0 radical (unpaired) electrons. The molecular formula is C30H26IN3O5S. The normalized spacial score (nSPS) is 14.9. The summed E-state index contributed by atoms with van der Waals surface area (Å²) in [6.07, 6.45) is 1.75. The topological polar surface area (TPSA) is 102 Å². The largest absolute Gasteiger partial charge is 0.504 e. The number of benzene rings is 3. The third kappa shape index (κ3) is 5.41. The Kier molecular flexibility index (Phi) is 8.08. The molecule has 1 amide bonds. The average molecular weight is 668 g/mol. The van der Waals surface area contributed by atoms with Gasteiger partial charge >= 0.3 is 0 Å². The molecule has 1 aliphatic rings. The van der Waals surface area contributed by atoms with Crippen molar-refractivity contribution in [1.82, 2.24) is 4.57 Å². The first-order valence-corrected chi connectivity index (χ1v) is 14.4. The van der Waals surface area contributed by atoms with Crippen molar-refractivity contribution in [3.63, 3.8) is 0 Å². The number of fused-ring (bicyclic) bond motifs is 1. The van der Waals surface area contributed by atoms with Gasteiger partial charge in [-0.2, -0.15) is 0 Å². The average Bonchev–Trinajstić information content (AvgIpc) is 3.25. The fourth-order valence-electron chi connectivity index (χ4n) is 4.55. The Morgan fingerprint density at radius 1 is 1.18 bits per heavy atom. The molecule has 2 heterocycles. The van der Waals surface area contributed by atoms with Crippen molar-refractivity contribution in [3.05, 3.63) is 112 Å². The number of anilines is 1. The summed E-state index contributed by atoms with van der Waals surface area (Å²) < 4.78 is 13.6. The van der Waals surface area contributed by atoms with Crippen LogP contribution in [0.5, 0.6) is 17.2 Å². The Balaban J connectivity index is 1.68. The van der Waals surface area contributed by atoms with Gasteiger partial charge in [0.15, 0.2) is 16.3 Å². The number of thiazole rings is 1. The molecule has 0 bridgehead atoms. The van der Waals surface area contributed by atoms with E-state index in [1.54, 1.807) is 48.9 Å². The van der Waals surface area contributed by atoms with Crippen LogP contribution in [0.15, 0.2) is 87.8 Å². The van der Waals surface area contributed by atoms with Gasteiger partial charge in [-0.05, 0) is 90.0 Å². The lowest BCUT2D eigenvalue weighted by Gasteiger charge is -2.25. The minimum Gasteiger partial charge on any atom is -0.504 e. The van der Waals surface area contributed by atoms with Gasteiger partial charge in [-0.3, -0.25) is 14.2 Å². The maximum absolute atomic E-state index is 14.0. The number of phenolic OH excluding ortho intramolecular Hbond substituents is 1. The zero-order chi connectivity index (χ0) is 28.4. The van der Waals surface area contributed by atoms with Crippen LogP contribution in [-0.2, 0) is 4.79 Å². The molecule has 1 aromatic heterocycles. The van der Waals surface area contributed by atoms with Crippen LogP contribution in [0.25, 0.3) is 6.08 Å². The van der Waals surface area contributed by atoms with E-state index in [-0.39, 0.29) is 17.2 Å². The number of nitrogens with one attached hydrogen (secondary N) is 1. The van der Waals surface area contributed by atoms with Crippen LogP contribution in [0.4, 0.5) is 5.69 Å². The number of carbonyl (C=O) groups excluding carboxylic acids is 1. The third-order valence-corrected chi connectivity index (χ3v) is 8.16. The van der Waals surface area contributed by atoms with Crippen LogP contribution in [0, 0.1) is 3.57 Å². The van der Waals surface area contributed by atoms with Crippen molar-refractivity contribution in [2.24, 2.45) is 4.99 Å². The van der Waals surface area contributed by atoms with Gasteiger partial charge in [-0.15, -0.1) is 0 Å². The number of ether oxygens (including phenoxy) is 2. The molecule has 1 aliphatic heterocycles. The zero-order valence-corrected chi connectivity index (χ0v) is 24.9. The molecule has 0 aliphatic carbocycles. The smallest absolute Gasteiger partial charge is 0.271 e. The van der Waals surface area contributed by atoms with Crippen molar-refractivity contribution < 1.29 is 19.4 Å². The number of phenols is 1. The van der Waals surface area contributed by atoms with Crippen LogP contribution < -0.4 is 29.7 Å². The Labute approximate surface area is 248 Å². The SMILES string of the molecule is CCOc1cc(/C=c2\sc3n(c2=O)[C@@H](c2cccc(OC)c2)C(C(=O)Nc2ccccc2)=C(C)N=3)cc(I)c1O. The standard InChI is InChI=1S/C30H26IN3O5S/c1-4-39-23-14-18(13-22(31)27(23)35)15-24-29(37)34-26(19-9-8-12-21(16-19)38-3)25(17(2)32-30(34)40-24)28(36)33-20-10-6-5-7-11-20/h5-16,26,35H,4H2,1-3H3,(H,33,36)/b24-15-/t26-/m0/s1. The molecule has 0 spiro atoms. The number of carbonyl (C=O) groups is 1. The highest BCUT2D eigenvalue weighted by atomic mass is 127. The molecule has 0 fully saturated rings. The molecule has 204 valence electrons. The number of aromatic nitrogens is 1. The van der Waals surface area contributed by atoms with Crippen LogP contribution in [-0.4, -0.2) is 29.3 Å². The van der Waals surface area contributed by atoms with Crippen LogP contribution in [0.3, 0.4) is 0 Å². The second-order valence-corrected chi connectivity index (χ2v) is 11.1. The predicted molar refractivity (Wildman–Crippen MR) is 164 cm³/mol. The number of rotatable bonds is 7. The Morgan fingerprint density at radius 2 is 1.95 bits per heavy atom. The number of aromatic hydroxyl groups is 1. The number of halogens is 1. The van der Waals surface area contributed by atoms with E-state index in [2.05, 4.69) is 5.32 Å². The highest BCUT2D eigenvalue weighted by molar-refractivity contribution is 14.1. The van der Waals surface area contributed by atoms with Crippen molar-refractivity contribution in [2.45, 2.75) is 19.9 Å². The van der Waals surface area contributed by atoms with Gasteiger partial charge in [0.25, 0.3) is 11.5 Å². The summed E-state index contributed by atoms with van der Waals surface area (Å²) in [7, 11) is 1.57. The van der Waals surface area contributed by atoms with E-state index in [0.29, 0.717) is 53.5 Å². The first kappa shape index (κ1) is 27.7. The number of hydrogen-bond acceptors (Lipinski definition) is 7. The maximum atomic E-state index is 14.0. The first-order chi connectivity index (χ1) is 19.3. The molecule has 0 unspecified atom stereocenters. The third-order valence-electron chi connectivity index (χ3n) is 6.36. The fourth-order valence-corrected chi connectivity index (χ4v) is 6.22. The predicted octanol–water partition coefficient (Wildman–Crippen LogP) is 4.59. The Morgan fingerprint density at radius 3 is 2.67 bits per heavy atom. The van der Waals surface area contributed by atoms with Crippen molar-refractivity contribution in [2.75, 3.05) is 19.0 Å². The molecule has 0 saturated heterocycles.